The van der Waals surface area contributed by atoms with Crippen LogP contribution in [-0.4, -0.2) is 18.2 Å². The predicted octanol–water partition coefficient (Wildman–Crippen LogP) is 3.40. The van der Waals surface area contributed by atoms with Gasteiger partial charge < -0.3 is 15.2 Å². The van der Waals surface area contributed by atoms with Gasteiger partial charge in [-0.3, -0.25) is 0 Å². The maximum atomic E-state index is 5.79. The lowest BCUT2D eigenvalue weighted by Gasteiger charge is -2.12. The summed E-state index contributed by atoms with van der Waals surface area (Å²) >= 11 is 4.91. The number of hydrogen-bond donors (Lipinski definition) is 1. The smallest absolute Gasteiger partial charge is 0.125 e. The van der Waals surface area contributed by atoms with Gasteiger partial charge in [-0.25, -0.2) is 0 Å². The van der Waals surface area contributed by atoms with Crippen molar-refractivity contribution < 1.29 is 9.47 Å². The van der Waals surface area contributed by atoms with E-state index in [1.54, 1.807) is 0 Å². The number of ether oxygens (including phenoxy) is 2. The van der Waals surface area contributed by atoms with Crippen LogP contribution in [0.25, 0.3) is 0 Å². The second-order valence-electron chi connectivity index (χ2n) is 4.81. The summed E-state index contributed by atoms with van der Waals surface area (Å²) in [6.07, 6.45) is 0. The zero-order valence-corrected chi connectivity index (χ0v) is 13.1. The molecule has 2 N–H and O–H groups in total. The van der Waals surface area contributed by atoms with Crippen LogP contribution in [0.2, 0.25) is 0 Å². The molecule has 0 aromatic heterocycles. The van der Waals surface area contributed by atoms with E-state index < -0.39 is 0 Å². The van der Waals surface area contributed by atoms with Crippen LogP contribution >= 0.6 is 12.2 Å². The first kappa shape index (κ1) is 15.3. The molecule has 0 atom stereocenters. The van der Waals surface area contributed by atoms with Crippen molar-refractivity contribution in [2.24, 2.45) is 5.73 Å². The number of nitrogens with two attached hydrogens (primary N) is 1. The van der Waals surface area contributed by atoms with E-state index in [9.17, 15) is 0 Å². The fraction of sp³-hybridized carbons (Fsp3) is 0.235. The number of aryl methyl sites for hydroxylation is 2. The molecule has 0 saturated heterocycles. The molecule has 0 aliphatic heterocycles. The van der Waals surface area contributed by atoms with Crippen LogP contribution in [0.3, 0.4) is 0 Å². The Hall–Kier alpha value is -2.07. The monoisotopic (exact) mass is 301 g/mol. The van der Waals surface area contributed by atoms with E-state index in [0.717, 1.165) is 28.2 Å². The molecular formula is C17H19NO2S. The normalized spacial score (nSPS) is 10.2. The Morgan fingerprint density at radius 1 is 0.952 bits per heavy atom. The lowest BCUT2D eigenvalue weighted by Crippen LogP contribution is -2.11. The van der Waals surface area contributed by atoms with Gasteiger partial charge in [0.2, 0.25) is 0 Å². The van der Waals surface area contributed by atoms with Gasteiger partial charge in [0.15, 0.2) is 0 Å². The lowest BCUT2D eigenvalue weighted by molar-refractivity contribution is 0.215. The van der Waals surface area contributed by atoms with Crippen LogP contribution < -0.4 is 15.2 Å². The first-order valence-corrected chi connectivity index (χ1v) is 7.20. The summed E-state index contributed by atoms with van der Waals surface area (Å²) in [6, 6.07) is 13.5. The average Bonchev–Trinajstić information content (AvgIpc) is 2.46. The Morgan fingerprint density at radius 3 is 2.10 bits per heavy atom. The van der Waals surface area contributed by atoms with E-state index in [1.807, 2.05) is 56.3 Å². The molecule has 0 fully saturated rings. The Kier molecular flexibility index (Phi) is 5.17. The molecule has 0 radical (unpaired) electrons. The minimum atomic E-state index is 0.389. The molecular weight excluding hydrogens is 282 g/mol. The van der Waals surface area contributed by atoms with Crippen LogP contribution in [0.5, 0.6) is 11.5 Å². The third-order valence-corrected chi connectivity index (χ3v) is 3.38. The summed E-state index contributed by atoms with van der Waals surface area (Å²) in [4.78, 5) is 0.389. The molecule has 0 spiro atoms. The van der Waals surface area contributed by atoms with Gasteiger partial charge in [0.1, 0.15) is 29.7 Å². The Balaban J connectivity index is 1.83. The van der Waals surface area contributed by atoms with Crippen LogP contribution in [0.15, 0.2) is 42.5 Å². The SMILES string of the molecule is Cc1cccc(C)c1OCCOc1ccc(C(N)=S)cc1. The van der Waals surface area contributed by atoms with Gasteiger partial charge in [0.25, 0.3) is 0 Å². The molecule has 3 nitrogen and oxygen atoms in total. The maximum absolute atomic E-state index is 5.79. The Bertz CT molecular complexity index is 603. The molecule has 4 heteroatoms. The van der Waals surface area contributed by atoms with E-state index in [1.165, 1.54) is 0 Å². The van der Waals surface area contributed by atoms with Crippen molar-refractivity contribution in [1.29, 1.82) is 0 Å². The number of benzene rings is 2. The van der Waals surface area contributed by atoms with Crippen LogP contribution in [0.4, 0.5) is 0 Å². The summed E-state index contributed by atoms with van der Waals surface area (Å²) in [5, 5.41) is 0. The number of rotatable bonds is 6. The number of thiocarbonyl (C=S) groups is 1. The molecule has 110 valence electrons. The van der Waals surface area contributed by atoms with Crippen molar-refractivity contribution in [2.45, 2.75) is 13.8 Å². The second-order valence-corrected chi connectivity index (χ2v) is 5.25. The zero-order valence-electron chi connectivity index (χ0n) is 12.3. The third kappa shape index (κ3) is 4.20. The topological polar surface area (TPSA) is 44.5 Å². The Labute approximate surface area is 130 Å². The summed E-state index contributed by atoms with van der Waals surface area (Å²) in [7, 11) is 0. The molecule has 21 heavy (non-hydrogen) atoms. The Morgan fingerprint density at radius 2 is 1.52 bits per heavy atom. The largest absolute Gasteiger partial charge is 0.490 e. The minimum absolute atomic E-state index is 0.389. The van der Waals surface area contributed by atoms with Crippen molar-refractivity contribution in [2.75, 3.05) is 13.2 Å². The van der Waals surface area contributed by atoms with Crippen molar-refractivity contribution in [1.82, 2.24) is 0 Å². The van der Waals surface area contributed by atoms with E-state index in [2.05, 4.69) is 0 Å². The molecule has 0 aliphatic carbocycles. The molecule has 0 saturated carbocycles. The fourth-order valence-electron chi connectivity index (χ4n) is 2.05. The standard InChI is InChI=1S/C17H19NO2S/c1-12-4-3-5-13(2)16(12)20-11-10-19-15-8-6-14(7-9-15)17(18)21/h3-9H,10-11H2,1-2H3,(H2,18,21). The van der Waals surface area contributed by atoms with E-state index in [4.69, 9.17) is 27.4 Å². The third-order valence-electron chi connectivity index (χ3n) is 3.15. The summed E-state index contributed by atoms with van der Waals surface area (Å²) in [5.41, 5.74) is 8.66. The fourth-order valence-corrected chi connectivity index (χ4v) is 2.18. The first-order chi connectivity index (χ1) is 10.1. The molecule has 2 aromatic carbocycles. The zero-order chi connectivity index (χ0) is 15.2. The quantitative estimate of drug-likeness (QED) is 0.656. The van der Waals surface area contributed by atoms with Crippen LogP contribution in [0.1, 0.15) is 16.7 Å². The van der Waals surface area contributed by atoms with Crippen LogP contribution in [0, 0.1) is 13.8 Å². The van der Waals surface area contributed by atoms with Crippen molar-refractivity contribution >= 4 is 17.2 Å². The summed E-state index contributed by atoms with van der Waals surface area (Å²) in [5.74, 6) is 1.71. The van der Waals surface area contributed by atoms with Crippen LogP contribution in [-0.2, 0) is 0 Å². The minimum Gasteiger partial charge on any atom is -0.490 e. The van der Waals surface area contributed by atoms with Crippen molar-refractivity contribution in [3.05, 3.63) is 59.2 Å². The number of para-hydroxylation sites is 1. The number of hydrogen-bond acceptors (Lipinski definition) is 3. The first-order valence-electron chi connectivity index (χ1n) is 6.79. The van der Waals surface area contributed by atoms with E-state index in [-0.39, 0.29) is 0 Å². The molecule has 0 heterocycles. The maximum Gasteiger partial charge on any atom is 0.125 e. The molecule has 2 rings (SSSR count). The highest BCUT2D eigenvalue weighted by atomic mass is 32.1. The van der Waals surface area contributed by atoms with Gasteiger partial charge in [0, 0.05) is 5.56 Å². The van der Waals surface area contributed by atoms with Gasteiger partial charge >= 0.3 is 0 Å². The molecule has 0 unspecified atom stereocenters. The predicted molar refractivity (Wildman–Crippen MR) is 89.2 cm³/mol. The molecule has 0 aliphatic rings. The highest BCUT2D eigenvalue weighted by molar-refractivity contribution is 7.80. The molecule has 0 bridgehead atoms. The van der Waals surface area contributed by atoms with E-state index >= 15 is 0 Å². The summed E-state index contributed by atoms with van der Waals surface area (Å²) < 4.78 is 11.4. The summed E-state index contributed by atoms with van der Waals surface area (Å²) in [6.45, 7) is 5.07. The lowest BCUT2D eigenvalue weighted by atomic mass is 10.1. The van der Waals surface area contributed by atoms with Gasteiger partial charge in [-0.15, -0.1) is 0 Å². The van der Waals surface area contributed by atoms with Gasteiger partial charge in [-0.2, -0.15) is 0 Å². The van der Waals surface area contributed by atoms with Crippen molar-refractivity contribution in [3.63, 3.8) is 0 Å². The molecule has 0 amide bonds. The van der Waals surface area contributed by atoms with E-state index in [0.29, 0.717) is 18.2 Å². The highest BCUT2D eigenvalue weighted by Crippen LogP contribution is 2.22. The van der Waals surface area contributed by atoms with Gasteiger partial charge in [0.05, 0.1) is 0 Å². The van der Waals surface area contributed by atoms with Gasteiger partial charge in [-0.05, 0) is 49.2 Å². The van der Waals surface area contributed by atoms with Gasteiger partial charge in [-0.1, -0.05) is 30.4 Å². The van der Waals surface area contributed by atoms with Crippen molar-refractivity contribution in [3.8, 4) is 11.5 Å². The second kappa shape index (κ2) is 7.09. The highest BCUT2D eigenvalue weighted by Gasteiger charge is 2.03. The molecule has 2 aromatic rings. The average molecular weight is 301 g/mol.